The number of aryl methyl sites for hydroxylation is 1. The number of nitrogens with zero attached hydrogens (tertiary/aromatic N) is 1. The van der Waals surface area contributed by atoms with E-state index in [-0.39, 0.29) is 5.91 Å². The quantitative estimate of drug-likeness (QED) is 0.834. The van der Waals surface area contributed by atoms with Gasteiger partial charge in [-0.1, -0.05) is 19.8 Å². The van der Waals surface area contributed by atoms with Crippen molar-refractivity contribution in [1.82, 2.24) is 4.98 Å². The number of rotatable bonds is 7. The summed E-state index contributed by atoms with van der Waals surface area (Å²) in [6.45, 7) is 5.73. The second-order valence-electron chi connectivity index (χ2n) is 4.98. The van der Waals surface area contributed by atoms with E-state index in [0.29, 0.717) is 23.7 Å². The molecule has 1 amide bonds. The number of carbonyl (C=O) groups is 1. The Hall–Kier alpha value is -1.62. The number of amides is 1. The van der Waals surface area contributed by atoms with Gasteiger partial charge in [-0.3, -0.25) is 4.79 Å². The zero-order chi connectivity index (χ0) is 15.2. The summed E-state index contributed by atoms with van der Waals surface area (Å²) in [5, 5.41) is 2.88. The van der Waals surface area contributed by atoms with Crippen molar-refractivity contribution in [3.63, 3.8) is 0 Å². The first-order chi connectivity index (χ1) is 9.46. The number of nitrogens with one attached hydrogen (secondary N) is 1. The normalized spacial score (nSPS) is 13.7. The van der Waals surface area contributed by atoms with Gasteiger partial charge in [0.2, 0.25) is 5.88 Å². The molecule has 0 spiro atoms. The minimum atomic E-state index is -0.817. The van der Waals surface area contributed by atoms with Gasteiger partial charge in [0, 0.05) is 13.2 Å². The lowest BCUT2D eigenvalue weighted by Crippen LogP contribution is -2.42. The average Bonchev–Trinajstić information content (AvgIpc) is 2.46. The van der Waals surface area contributed by atoms with Gasteiger partial charge in [0.1, 0.15) is 5.60 Å². The molecular weight excluding hydrogens is 256 g/mol. The van der Waals surface area contributed by atoms with Gasteiger partial charge in [0.05, 0.1) is 18.5 Å². The lowest BCUT2D eigenvalue weighted by atomic mass is 9.97. The Kier molecular flexibility index (Phi) is 5.95. The van der Waals surface area contributed by atoms with Crippen LogP contribution in [0.3, 0.4) is 0 Å². The average molecular weight is 280 g/mol. The molecule has 1 rings (SSSR count). The van der Waals surface area contributed by atoms with Crippen molar-refractivity contribution >= 4 is 11.6 Å². The molecule has 1 atom stereocenters. The summed E-state index contributed by atoms with van der Waals surface area (Å²) in [6, 6.07) is 3.51. The second kappa shape index (κ2) is 7.24. The van der Waals surface area contributed by atoms with Crippen LogP contribution in [0, 0.1) is 6.92 Å². The van der Waals surface area contributed by atoms with Crippen LogP contribution in [-0.4, -0.2) is 30.7 Å². The van der Waals surface area contributed by atoms with Crippen molar-refractivity contribution < 1.29 is 14.3 Å². The van der Waals surface area contributed by atoms with E-state index in [1.807, 2.05) is 13.8 Å². The molecule has 1 heterocycles. The third-order valence-electron chi connectivity index (χ3n) is 3.46. The Labute approximate surface area is 120 Å². The van der Waals surface area contributed by atoms with Crippen LogP contribution < -0.4 is 10.1 Å². The molecule has 0 radical (unpaired) electrons. The number of ether oxygens (including phenoxy) is 2. The van der Waals surface area contributed by atoms with E-state index < -0.39 is 5.60 Å². The van der Waals surface area contributed by atoms with Crippen LogP contribution in [-0.2, 0) is 9.53 Å². The molecule has 5 nitrogen and oxygen atoms in total. The van der Waals surface area contributed by atoms with Crippen molar-refractivity contribution in [2.75, 3.05) is 19.5 Å². The fourth-order valence-corrected chi connectivity index (χ4v) is 1.86. The van der Waals surface area contributed by atoms with E-state index in [0.717, 1.165) is 12.8 Å². The summed E-state index contributed by atoms with van der Waals surface area (Å²) in [6.07, 6.45) is 2.65. The lowest BCUT2D eigenvalue weighted by Gasteiger charge is -2.27. The summed E-state index contributed by atoms with van der Waals surface area (Å²) in [4.78, 5) is 16.6. The Balaban J connectivity index is 2.83. The topological polar surface area (TPSA) is 60.5 Å². The molecular formula is C15H24N2O3. The Morgan fingerprint density at radius 2 is 2.10 bits per heavy atom. The maximum absolute atomic E-state index is 12.4. The summed E-state index contributed by atoms with van der Waals surface area (Å²) >= 11 is 0. The predicted molar refractivity (Wildman–Crippen MR) is 79.1 cm³/mol. The number of hydrogen-bond donors (Lipinski definition) is 1. The van der Waals surface area contributed by atoms with Gasteiger partial charge in [0.15, 0.2) is 0 Å². The zero-order valence-electron chi connectivity index (χ0n) is 12.9. The second-order valence-corrected chi connectivity index (χ2v) is 4.98. The molecule has 1 aromatic heterocycles. The van der Waals surface area contributed by atoms with Crippen LogP contribution in [0.1, 0.15) is 38.8 Å². The van der Waals surface area contributed by atoms with Crippen molar-refractivity contribution in [3.8, 4) is 5.88 Å². The van der Waals surface area contributed by atoms with E-state index in [9.17, 15) is 4.79 Å². The van der Waals surface area contributed by atoms with Crippen LogP contribution in [0.15, 0.2) is 12.1 Å². The van der Waals surface area contributed by atoms with Gasteiger partial charge in [-0.2, -0.15) is 0 Å². The predicted octanol–water partition coefficient (Wildman–Crippen LogP) is 2.93. The minimum Gasteiger partial charge on any atom is -0.481 e. The van der Waals surface area contributed by atoms with Crippen LogP contribution in [0.2, 0.25) is 0 Å². The van der Waals surface area contributed by atoms with Crippen LogP contribution in [0.4, 0.5) is 5.69 Å². The van der Waals surface area contributed by atoms with E-state index in [2.05, 4.69) is 17.2 Å². The highest BCUT2D eigenvalue weighted by Crippen LogP contribution is 2.23. The summed E-state index contributed by atoms with van der Waals surface area (Å²) in [7, 11) is 3.13. The first-order valence-electron chi connectivity index (χ1n) is 6.85. The molecule has 0 aliphatic carbocycles. The number of methoxy groups -OCH3 is 2. The highest BCUT2D eigenvalue weighted by Gasteiger charge is 2.32. The Bertz CT molecular complexity index is 462. The van der Waals surface area contributed by atoms with Crippen molar-refractivity contribution in [2.24, 2.45) is 0 Å². The number of aromatic nitrogens is 1. The molecule has 20 heavy (non-hydrogen) atoms. The fraction of sp³-hybridized carbons (Fsp3) is 0.600. The highest BCUT2D eigenvalue weighted by atomic mass is 16.5. The Morgan fingerprint density at radius 3 is 2.60 bits per heavy atom. The van der Waals surface area contributed by atoms with Crippen molar-refractivity contribution in [2.45, 2.75) is 45.6 Å². The molecule has 5 heteroatoms. The highest BCUT2D eigenvalue weighted by molar-refractivity contribution is 5.97. The monoisotopic (exact) mass is 280 g/mol. The molecule has 1 unspecified atom stereocenters. The van der Waals surface area contributed by atoms with E-state index in [1.54, 1.807) is 26.4 Å². The van der Waals surface area contributed by atoms with Gasteiger partial charge in [0.25, 0.3) is 5.91 Å². The van der Waals surface area contributed by atoms with Gasteiger partial charge in [-0.15, -0.1) is 0 Å². The van der Waals surface area contributed by atoms with Crippen LogP contribution in [0.25, 0.3) is 0 Å². The maximum Gasteiger partial charge on any atom is 0.256 e. The molecule has 0 aromatic carbocycles. The summed E-state index contributed by atoms with van der Waals surface area (Å²) in [5.74, 6) is 0.379. The SMILES string of the molecule is CCCCC(C)(OC)C(=O)Nc1ccc(OC)nc1C. The molecule has 112 valence electrons. The summed E-state index contributed by atoms with van der Waals surface area (Å²) in [5.41, 5.74) is 0.574. The first-order valence-corrected chi connectivity index (χ1v) is 6.85. The lowest BCUT2D eigenvalue weighted by molar-refractivity contribution is -0.136. The molecule has 0 saturated heterocycles. The number of pyridine rings is 1. The molecule has 0 saturated carbocycles. The molecule has 0 fully saturated rings. The van der Waals surface area contributed by atoms with Gasteiger partial charge in [-0.05, 0) is 26.3 Å². The van der Waals surface area contributed by atoms with E-state index >= 15 is 0 Å². The molecule has 1 aromatic rings. The van der Waals surface area contributed by atoms with Crippen molar-refractivity contribution in [3.05, 3.63) is 17.8 Å². The standard InChI is InChI=1S/C15H24N2O3/c1-6-7-10-15(3,20-5)14(18)17-12-8-9-13(19-4)16-11(12)2/h8-9H,6-7,10H2,1-5H3,(H,17,18). The molecule has 0 aliphatic rings. The van der Waals surface area contributed by atoms with Gasteiger partial charge >= 0.3 is 0 Å². The minimum absolute atomic E-state index is 0.150. The fourth-order valence-electron chi connectivity index (χ4n) is 1.86. The van der Waals surface area contributed by atoms with Crippen LogP contribution >= 0.6 is 0 Å². The van der Waals surface area contributed by atoms with E-state index in [4.69, 9.17) is 9.47 Å². The van der Waals surface area contributed by atoms with Gasteiger partial charge in [-0.25, -0.2) is 4.98 Å². The third kappa shape index (κ3) is 3.93. The largest absolute Gasteiger partial charge is 0.481 e. The molecule has 0 aliphatic heterocycles. The van der Waals surface area contributed by atoms with Crippen LogP contribution in [0.5, 0.6) is 5.88 Å². The number of anilines is 1. The van der Waals surface area contributed by atoms with Gasteiger partial charge < -0.3 is 14.8 Å². The number of carbonyl (C=O) groups excluding carboxylic acids is 1. The zero-order valence-corrected chi connectivity index (χ0v) is 12.9. The molecule has 0 bridgehead atoms. The first kappa shape index (κ1) is 16.4. The maximum atomic E-state index is 12.4. The number of unbranched alkanes of at least 4 members (excludes halogenated alkanes) is 1. The smallest absolute Gasteiger partial charge is 0.256 e. The number of hydrogen-bond acceptors (Lipinski definition) is 4. The molecule has 1 N–H and O–H groups in total. The third-order valence-corrected chi connectivity index (χ3v) is 3.46. The van der Waals surface area contributed by atoms with E-state index in [1.165, 1.54) is 0 Å². The van der Waals surface area contributed by atoms with Crippen molar-refractivity contribution in [1.29, 1.82) is 0 Å². The Morgan fingerprint density at radius 1 is 1.40 bits per heavy atom. The summed E-state index contributed by atoms with van der Waals surface area (Å²) < 4.78 is 10.4.